The van der Waals surface area contributed by atoms with Crippen molar-refractivity contribution >= 4 is 17.3 Å². The lowest BCUT2D eigenvalue weighted by Crippen LogP contribution is -1.96. The zero-order valence-corrected chi connectivity index (χ0v) is 7.85. The average molecular weight is 206 g/mol. The van der Waals surface area contributed by atoms with Crippen LogP contribution in [0.15, 0.2) is 44.7 Å². The minimum atomic E-state index is -0.442. The van der Waals surface area contributed by atoms with Gasteiger partial charge in [-0.3, -0.25) is 0 Å². The number of aromatic hydroxyl groups is 1. The Labute approximate surface area is 85.2 Å². The van der Waals surface area contributed by atoms with Gasteiger partial charge in [-0.15, -0.1) is 10.2 Å². The molecule has 0 saturated heterocycles. The van der Waals surface area contributed by atoms with Gasteiger partial charge in [0.15, 0.2) is 0 Å². The third-order valence-corrected chi connectivity index (χ3v) is 1.86. The van der Waals surface area contributed by atoms with Crippen LogP contribution in [0.4, 0.5) is 0 Å². The normalized spacial score (nSPS) is 16.1. The van der Waals surface area contributed by atoms with Crippen LogP contribution in [0.3, 0.4) is 0 Å². The highest BCUT2D eigenvalue weighted by atomic mass is 32.1. The quantitative estimate of drug-likeness (QED) is 0.717. The van der Waals surface area contributed by atoms with Crippen LogP contribution < -0.4 is 0 Å². The number of benzene rings is 1. The average Bonchev–Trinajstić information content (AvgIpc) is 2.21. The molecule has 1 N–H and O–H groups in total. The topological polar surface area (TPSA) is 69.7 Å². The maximum Gasteiger partial charge on any atom is 0.259 e. The van der Waals surface area contributed by atoms with E-state index in [0.717, 1.165) is 5.56 Å². The summed E-state index contributed by atoms with van der Waals surface area (Å²) in [6, 6.07) is 6.55. The zero-order valence-electron chi connectivity index (χ0n) is 7.03. The Bertz CT molecular complexity index is 396. The molecule has 0 aliphatic carbocycles. The third-order valence-electron chi connectivity index (χ3n) is 1.70. The number of nitrogens with zero attached hydrogens (tertiary/aromatic N) is 4. The summed E-state index contributed by atoms with van der Waals surface area (Å²) >= 11 is 4.67. The van der Waals surface area contributed by atoms with Crippen LogP contribution in [0.1, 0.15) is 11.7 Å². The molecule has 1 aromatic carbocycles. The number of thiocarbonyl (C=S) groups is 1. The van der Waals surface area contributed by atoms with Crippen LogP contribution in [-0.4, -0.2) is 10.2 Å². The first-order valence-corrected chi connectivity index (χ1v) is 4.31. The minimum absolute atomic E-state index is 0.139. The van der Waals surface area contributed by atoms with E-state index in [1.165, 1.54) is 0 Å². The molecule has 1 aliphatic heterocycles. The van der Waals surface area contributed by atoms with Gasteiger partial charge in [-0.1, -0.05) is 12.1 Å². The molecule has 70 valence electrons. The number of phenols is 1. The summed E-state index contributed by atoms with van der Waals surface area (Å²) in [4.78, 5) is 0. The highest BCUT2D eigenvalue weighted by molar-refractivity contribution is 7.80. The van der Waals surface area contributed by atoms with Gasteiger partial charge in [-0.2, -0.15) is 10.2 Å². The summed E-state index contributed by atoms with van der Waals surface area (Å²) < 4.78 is 0. The summed E-state index contributed by atoms with van der Waals surface area (Å²) in [6.07, 6.45) is -0.442. The highest BCUT2D eigenvalue weighted by Crippen LogP contribution is 2.24. The molecular formula is C8H6N4OS. The van der Waals surface area contributed by atoms with Gasteiger partial charge in [-0.05, 0) is 24.4 Å². The smallest absolute Gasteiger partial charge is 0.259 e. The second-order valence-corrected chi connectivity index (χ2v) is 3.04. The first-order chi connectivity index (χ1) is 6.75. The van der Waals surface area contributed by atoms with Crippen LogP contribution in [0.5, 0.6) is 5.75 Å². The monoisotopic (exact) mass is 206 g/mol. The standard InChI is InChI=1S/C8H6N4OS/c13-6-3-1-5(2-4-6)7-9-11-8(14)12-10-7/h1-4,7,13H. The fourth-order valence-electron chi connectivity index (χ4n) is 1.03. The molecule has 14 heavy (non-hydrogen) atoms. The van der Waals surface area contributed by atoms with E-state index in [-0.39, 0.29) is 10.9 Å². The molecule has 0 unspecified atom stereocenters. The highest BCUT2D eigenvalue weighted by Gasteiger charge is 2.12. The van der Waals surface area contributed by atoms with Gasteiger partial charge < -0.3 is 5.11 Å². The number of rotatable bonds is 1. The van der Waals surface area contributed by atoms with Gasteiger partial charge in [0.1, 0.15) is 5.75 Å². The fourth-order valence-corrected chi connectivity index (χ4v) is 1.13. The van der Waals surface area contributed by atoms with Crippen molar-refractivity contribution in [1.82, 2.24) is 0 Å². The molecule has 2 rings (SSSR count). The molecule has 1 heterocycles. The van der Waals surface area contributed by atoms with Crippen molar-refractivity contribution in [3.8, 4) is 5.75 Å². The van der Waals surface area contributed by atoms with Gasteiger partial charge in [0, 0.05) is 5.56 Å². The predicted molar refractivity (Wildman–Crippen MR) is 53.2 cm³/mol. The van der Waals surface area contributed by atoms with E-state index in [1.807, 2.05) is 0 Å². The van der Waals surface area contributed by atoms with E-state index in [9.17, 15) is 0 Å². The van der Waals surface area contributed by atoms with Gasteiger partial charge in [-0.25, -0.2) is 0 Å². The van der Waals surface area contributed by atoms with E-state index in [0.29, 0.717) is 0 Å². The molecule has 1 aliphatic rings. The number of hydrogen-bond acceptors (Lipinski definition) is 4. The molecule has 0 spiro atoms. The maximum atomic E-state index is 9.07. The van der Waals surface area contributed by atoms with Gasteiger partial charge >= 0.3 is 0 Å². The molecule has 0 fully saturated rings. The zero-order chi connectivity index (χ0) is 9.97. The largest absolute Gasteiger partial charge is 0.508 e. The molecule has 0 saturated carbocycles. The van der Waals surface area contributed by atoms with Gasteiger partial charge in [0.25, 0.3) is 5.11 Å². The summed E-state index contributed by atoms with van der Waals surface area (Å²) in [5, 5.41) is 24.2. The second kappa shape index (κ2) is 3.59. The van der Waals surface area contributed by atoms with E-state index in [2.05, 4.69) is 32.7 Å². The predicted octanol–water partition coefficient (Wildman–Crippen LogP) is 2.59. The van der Waals surface area contributed by atoms with Gasteiger partial charge in [0.05, 0.1) is 0 Å². The first kappa shape index (κ1) is 8.89. The summed E-state index contributed by atoms with van der Waals surface area (Å²) in [7, 11) is 0. The van der Waals surface area contributed by atoms with Crippen LogP contribution in [-0.2, 0) is 0 Å². The second-order valence-electron chi connectivity index (χ2n) is 2.68. The lowest BCUT2D eigenvalue weighted by molar-refractivity contribution is 0.474. The molecular weight excluding hydrogens is 200 g/mol. The van der Waals surface area contributed by atoms with Crippen molar-refractivity contribution in [2.75, 3.05) is 0 Å². The van der Waals surface area contributed by atoms with Crippen molar-refractivity contribution in [2.24, 2.45) is 20.5 Å². The number of hydrogen-bond donors (Lipinski definition) is 1. The molecule has 0 aromatic heterocycles. The lowest BCUT2D eigenvalue weighted by atomic mass is 10.2. The van der Waals surface area contributed by atoms with E-state index in [1.54, 1.807) is 24.3 Å². The summed E-state index contributed by atoms with van der Waals surface area (Å²) in [6.45, 7) is 0. The van der Waals surface area contributed by atoms with Crippen molar-refractivity contribution in [3.05, 3.63) is 29.8 Å². The molecule has 5 nitrogen and oxygen atoms in total. The molecule has 6 heteroatoms. The lowest BCUT2D eigenvalue weighted by Gasteiger charge is -2.07. The first-order valence-electron chi connectivity index (χ1n) is 3.90. The van der Waals surface area contributed by atoms with E-state index < -0.39 is 6.17 Å². The van der Waals surface area contributed by atoms with Crippen LogP contribution in [0.2, 0.25) is 0 Å². The van der Waals surface area contributed by atoms with Crippen molar-refractivity contribution in [1.29, 1.82) is 0 Å². The number of phenolic OH excluding ortho intramolecular Hbond substituents is 1. The maximum absolute atomic E-state index is 9.07. The summed E-state index contributed by atoms with van der Waals surface area (Å²) in [5.41, 5.74) is 0.817. The van der Waals surface area contributed by atoms with Crippen LogP contribution >= 0.6 is 12.2 Å². The van der Waals surface area contributed by atoms with Crippen molar-refractivity contribution in [2.45, 2.75) is 6.17 Å². The molecule has 1 aromatic rings. The van der Waals surface area contributed by atoms with Crippen molar-refractivity contribution < 1.29 is 5.11 Å². The molecule has 0 atom stereocenters. The Morgan fingerprint density at radius 1 is 1.07 bits per heavy atom. The molecule has 0 radical (unpaired) electrons. The SMILES string of the molecule is Oc1ccc(C2N=NC(=S)N=N2)cc1. The Hall–Kier alpha value is -1.69. The fraction of sp³-hybridized carbons (Fsp3) is 0.125. The summed E-state index contributed by atoms with van der Waals surface area (Å²) in [5.74, 6) is 0.203. The minimum Gasteiger partial charge on any atom is -0.508 e. The van der Waals surface area contributed by atoms with Crippen LogP contribution in [0.25, 0.3) is 0 Å². The van der Waals surface area contributed by atoms with Gasteiger partial charge in [0.2, 0.25) is 6.17 Å². The van der Waals surface area contributed by atoms with Crippen LogP contribution in [0, 0.1) is 0 Å². The number of azo groups is 2. The molecule has 0 amide bonds. The Balaban J connectivity index is 2.24. The van der Waals surface area contributed by atoms with Crippen molar-refractivity contribution in [3.63, 3.8) is 0 Å². The van der Waals surface area contributed by atoms with E-state index in [4.69, 9.17) is 5.11 Å². The Kier molecular flexibility index (Phi) is 2.28. The molecule has 0 bridgehead atoms. The van der Waals surface area contributed by atoms with E-state index >= 15 is 0 Å². The Morgan fingerprint density at radius 2 is 1.64 bits per heavy atom. The third kappa shape index (κ3) is 1.80. The Morgan fingerprint density at radius 3 is 2.21 bits per heavy atom.